The first-order chi connectivity index (χ1) is 6.50. The summed E-state index contributed by atoms with van der Waals surface area (Å²) >= 11 is 5.55. The van der Waals surface area contributed by atoms with Gasteiger partial charge in [-0.15, -0.1) is 0 Å². The second-order valence-corrected chi connectivity index (χ2v) is 3.57. The third kappa shape index (κ3) is 2.64. The van der Waals surface area contributed by atoms with Gasteiger partial charge in [0.1, 0.15) is 5.82 Å². The molecule has 0 radical (unpaired) electrons. The van der Waals surface area contributed by atoms with E-state index < -0.39 is 5.82 Å². The molecule has 0 aliphatic heterocycles. The third-order valence-electron chi connectivity index (χ3n) is 1.67. The molecule has 0 unspecified atom stereocenters. The molecular formula is C10H12ClFN2. The Bertz CT molecular complexity index is 363. The van der Waals surface area contributed by atoms with Gasteiger partial charge in [0, 0.05) is 12.6 Å². The van der Waals surface area contributed by atoms with Gasteiger partial charge in [-0.3, -0.25) is 0 Å². The van der Waals surface area contributed by atoms with Crippen LogP contribution in [0.25, 0.3) is 0 Å². The van der Waals surface area contributed by atoms with Crippen molar-refractivity contribution in [1.82, 2.24) is 0 Å². The monoisotopic (exact) mass is 214 g/mol. The van der Waals surface area contributed by atoms with Crippen molar-refractivity contribution >= 4 is 23.0 Å². The van der Waals surface area contributed by atoms with Crippen molar-refractivity contribution in [2.24, 2.45) is 0 Å². The molecule has 0 fully saturated rings. The van der Waals surface area contributed by atoms with Crippen molar-refractivity contribution in [1.29, 1.82) is 0 Å². The average molecular weight is 215 g/mol. The van der Waals surface area contributed by atoms with Gasteiger partial charge in [0.05, 0.1) is 16.4 Å². The molecule has 0 aliphatic carbocycles. The highest BCUT2D eigenvalue weighted by Gasteiger charge is 2.05. The van der Waals surface area contributed by atoms with E-state index in [1.165, 1.54) is 12.1 Å². The number of hydrogen-bond acceptors (Lipinski definition) is 2. The molecule has 4 heteroatoms. The molecule has 0 spiro atoms. The Morgan fingerprint density at radius 2 is 2.29 bits per heavy atom. The summed E-state index contributed by atoms with van der Waals surface area (Å²) in [5.41, 5.74) is 7.54. The van der Waals surface area contributed by atoms with Crippen molar-refractivity contribution in [2.75, 3.05) is 17.6 Å². The van der Waals surface area contributed by atoms with Crippen molar-refractivity contribution in [2.45, 2.75) is 6.92 Å². The molecule has 0 aromatic heterocycles. The van der Waals surface area contributed by atoms with Crippen LogP contribution in [0.2, 0.25) is 5.02 Å². The summed E-state index contributed by atoms with van der Waals surface area (Å²) in [5.74, 6) is -0.481. The minimum absolute atomic E-state index is 0.0309. The molecule has 3 N–H and O–H groups in total. The molecule has 0 heterocycles. The molecule has 1 aromatic carbocycles. The maximum absolute atomic E-state index is 13.0. The molecule has 14 heavy (non-hydrogen) atoms. The predicted octanol–water partition coefficient (Wildman–Crippen LogP) is 3.05. The Morgan fingerprint density at radius 1 is 1.64 bits per heavy atom. The Balaban J connectivity index is 2.87. The second-order valence-electron chi connectivity index (χ2n) is 3.16. The summed E-state index contributed by atoms with van der Waals surface area (Å²) < 4.78 is 13.0. The molecule has 0 saturated carbocycles. The average Bonchev–Trinajstić information content (AvgIpc) is 2.09. The number of rotatable bonds is 3. The largest absolute Gasteiger partial charge is 0.397 e. The topological polar surface area (TPSA) is 38.0 Å². The van der Waals surface area contributed by atoms with E-state index in [0.29, 0.717) is 17.9 Å². The summed E-state index contributed by atoms with van der Waals surface area (Å²) in [4.78, 5) is 0. The van der Waals surface area contributed by atoms with Crippen LogP contribution in [0.1, 0.15) is 6.92 Å². The van der Waals surface area contributed by atoms with Crippen LogP contribution in [0.15, 0.2) is 24.3 Å². The Labute approximate surface area is 87.6 Å². The third-order valence-corrected chi connectivity index (χ3v) is 1.96. The van der Waals surface area contributed by atoms with Gasteiger partial charge in [0.2, 0.25) is 0 Å². The standard InChI is InChI=1S/C10H12ClFN2/c1-6(2)5-14-10-4-8(12)7(11)3-9(10)13/h3-4,14H,1,5,13H2,2H3. The Hall–Kier alpha value is -1.22. The molecule has 1 rings (SSSR count). The maximum atomic E-state index is 13.0. The smallest absolute Gasteiger partial charge is 0.143 e. The fourth-order valence-corrected chi connectivity index (χ4v) is 1.13. The summed E-state index contributed by atoms with van der Waals surface area (Å²) in [5, 5.41) is 2.99. The van der Waals surface area contributed by atoms with Gasteiger partial charge in [-0.2, -0.15) is 0 Å². The van der Waals surface area contributed by atoms with E-state index in [-0.39, 0.29) is 5.02 Å². The number of halogens is 2. The van der Waals surface area contributed by atoms with E-state index in [4.69, 9.17) is 17.3 Å². The van der Waals surface area contributed by atoms with E-state index in [1.807, 2.05) is 6.92 Å². The zero-order valence-electron chi connectivity index (χ0n) is 7.90. The van der Waals surface area contributed by atoms with Crippen molar-refractivity contribution in [3.05, 3.63) is 35.1 Å². The minimum atomic E-state index is -0.481. The summed E-state index contributed by atoms with van der Waals surface area (Å²) in [6.07, 6.45) is 0. The SMILES string of the molecule is C=C(C)CNc1cc(F)c(Cl)cc1N. The number of nitrogen functional groups attached to an aromatic ring is 1. The number of nitrogens with two attached hydrogens (primary N) is 1. The fraction of sp³-hybridized carbons (Fsp3) is 0.200. The number of hydrogen-bond donors (Lipinski definition) is 2. The zero-order chi connectivity index (χ0) is 10.7. The van der Waals surface area contributed by atoms with Gasteiger partial charge in [-0.05, 0) is 13.0 Å². The summed E-state index contributed by atoms with van der Waals surface area (Å²) in [7, 11) is 0. The lowest BCUT2D eigenvalue weighted by Crippen LogP contribution is -2.05. The van der Waals surface area contributed by atoms with E-state index in [1.54, 1.807) is 0 Å². The van der Waals surface area contributed by atoms with Gasteiger partial charge in [0.15, 0.2) is 0 Å². The van der Waals surface area contributed by atoms with Gasteiger partial charge in [-0.25, -0.2) is 4.39 Å². The van der Waals surface area contributed by atoms with Crippen LogP contribution in [0, 0.1) is 5.82 Å². The lowest BCUT2D eigenvalue weighted by atomic mass is 10.2. The molecule has 0 aliphatic rings. The van der Waals surface area contributed by atoms with E-state index in [9.17, 15) is 4.39 Å². The molecule has 0 amide bonds. The Morgan fingerprint density at radius 3 is 2.86 bits per heavy atom. The zero-order valence-corrected chi connectivity index (χ0v) is 8.66. The first-order valence-corrected chi connectivity index (χ1v) is 4.51. The van der Waals surface area contributed by atoms with Gasteiger partial charge < -0.3 is 11.1 Å². The van der Waals surface area contributed by atoms with Gasteiger partial charge in [0.25, 0.3) is 0 Å². The summed E-state index contributed by atoms with van der Waals surface area (Å²) in [6.45, 7) is 6.15. The van der Waals surface area contributed by atoms with Crippen LogP contribution in [-0.2, 0) is 0 Å². The number of anilines is 2. The molecule has 76 valence electrons. The summed E-state index contributed by atoms with van der Waals surface area (Å²) in [6, 6.07) is 2.66. The molecule has 0 saturated heterocycles. The second kappa shape index (κ2) is 4.33. The maximum Gasteiger partial charge on any atom is 0.143 e. The highest BCUT2D eigenvalue weighted by atomic mass is 35.5. The molecule has 0 atom stereocenters. The van der Waals surface area contributed by atoms with Crippen LogP contribution in [0.5, 0.6) is 0 Å². The van der Waals surface area contributed by atoms with Crippen LogP contribution in [-0.4, -0.2) is 6.54 Å². The Kier molecular flexibility index (Phi) is 3.36. The normalized spacial score (nSPS) is 9.93. The lowest BCUT2D eigenvalue weighted by molar-refractivity contribution is 0.629. The minimum Gasteiger partial charge on any atom is -0.397 e. The van der Waals surface area contributed by atoms with Crippen LogP contribution >= 0.6 is 11.6 Å². The van der Waals surface area contributed by atoms with Crippen molar-refractivity contribution < 1.29 is 4.39 Å². The quantitative estimate of drug-likeness (QED) is 0.600. The van der Waals surface area contributed by atoms with Crippen LogP contribution in [0.3, 0.4) is 0 Å². The van der Waals surface area contributed by atoms with E-state index in [0.717, 1.165) is 5.57 Å². The molecule has 1 aromatic rings. The van der Waals surface area contributed by atoms with Crippen molar-refractivity contribution in [3.63, 3.8) is 0 Å². The van der Waals surface area contributed by atoms with Crippen LogP contribution in [0.4, 0.5) is 15.8 Å². The van der Waals surface area contributed by atoms with Crippen LogP contribution < -0.4 is 11.1 Å². The van der Waals surface area contributed by atoms with E-state index >= 15 is 0 Å². The molecule has 0 bridgehead atoms. The van der Waals surface area contributed by atoms with Crippen molar-refractivity contribution in [3.8, 4) is 0 Å². The van der Waals surface area contributed by atoms with Gasteiger partial charge in [-0.1, -0.05) is 23.8 Å². The number of nitrogens with one attached hydrogen (secondary N) is 1. The highest BCUT2D eigenvalue weighted by molar-refractivity contribution is 6.31. The molecular weight excluding hydrogens is 203 g/mol. The van der Waals surface area contributed by atoms with Gasteiger partial charge >= 0.3 is 0 Å². The highest BCUT2D eigenvalue weighted by Crippen LogP contribution is 2.25. The first kappa shape index (κ1) is 10.9. The fourth-order valence-electron chi connectivity index (χ4n) is 0.961. The lowest BCUT2D eigenvalue weighted by Gasteiger charge is -2.09. The van der Waals surface area contributed by atoms with E-state index in [2.05, 4.69) is 11.9 Å². The first-order valence-electron chi connectivity index (χ1n) is 4.13. The number of benzene rings is 1. The molecule has 2 nitrogen and oxygen atoms in total. The predicted molar refractivity (Wildman–Crippen MR) is 59.1 cm³/mol.